The summed E-state index contributed by atoms with van der Waals surface area (Å²) < 4.78 is 6.26. The monoisotopic (exact) mass is 348 g/mol. The van der Waals surface area contributed by atoms with Gasteiger partial charge in [0.1, 0.15) is 11.5 Å². The van der Waals surface area contributed by atoms with Gasteiger partial charge in [-0.25, -0.2) is 5.01 Å². The summed E-state index contributed by atoms with van der Waals surface area (Å²) in [7, 11) is 0. The fraction of sp³-hybridized carbons (Fsp3) is 0.150. The van der Waals surface area contributed by atoms with Crippen molar-refractivity contribution in [3.63, 3.8) is 0 Å². The van der Waals surface area contributed by atoms with Crippen LogP contribution in [-0.2, 0) is 0 Å². The molecule has 0 aliphatic carbocycles. The van der Waals surface area contributed by atoms with E-state index in [1.54, 1.807) is 23.5 Å². The Labute approximate surface area is 149 Å². The van der Waals surface area contributed by atoms with Crippen molar-refractivity contribution in [1.29, 1.82) is 0 Å². The molecule has 0 amide bonds. The van der Waals surface area contributed by atoms with Crippen molar-refractivity contribution >= 4 is 17.0 Å². The zero-order valence-electron chi connectivity index (χ0n) is 13.4. The van der Waals surface area contributed by atoms with E-state index in [9.17, 15) is 5.11 Å². The van der Waals surface area contributed by atoms with E-state index in [1.165, 1.54) is 4.88 Å². The van der Waals surface area contributed by atoms with Crippen LogP contribution in [-0.4, -0.2) is 15.8 Å². The van der Waals surface area contributed by atoms with Gasteiger partial charge in [0.15, 0.2) is 0 Å². The van der Waals surface area contributed by atoms with Crippen LogP contribution in [0.2, 0.25) is 0 Å². The highest BCUT2D eigenvalue weighted by atomic mass is 32.1. The van der Waals surface area contributed by atoms with E-state index in [0.29, 0.717) is 0 Å². The van der Waals surface area contributed by atoms with Crippen molar-refractivity contribution in [2.24, 2.45) is 5.10 Å². The number of ether oxygens (including phenoxy) is 1. The number of hydrogen-bond donors (Lipinski definition) is 1. The summed E-state index contributed by atoms with van der Waals surface area (Å²) in [5.74, 6) is 1.12. The van der Waals surface area contributed by atoms with Gasteiger partial charge in [-0.2, -0.15) is 5.10 Å². The molecule has 5 heteroatoms. The third kappa shape index (κ3) is 2.39. The Kier molecular flexibility index (Phi) is 3.28. The number of aromatic hydroxyl groups is 1. The minimum absolute atomic E-state index is 0.148. The molecule has 124 valence electrons. The lowest BCUT2D eigenvalue weighted by Gasteiger charge is -2.38. The number of phenolic OH excluding ortho intramolecular Hbond substituents is 1. The second-order valence-electron chi connectivity index (χ2n) is 6.23. The molecule has 1 N–H and O–H groups in total. The third-order valence-corrected chi connectivity index (χ3v) is 5.58. The number of phenols is 1. The number of rotatable bonds is 2. The molecule has 0 saturated carbocycles. The average molecular weight is 348 g/mol. The van der Waals surface area contributed by atoms with Crippen molar-refractivity contribution in [2.75, 3.05) is 0 Å². The number of hydrogen-bond acceptors (Lipinski definition) is 5. The summed E-state index contributed by atoms with van der Waals surface area (Å²) in [5.41, 5.74) is 3.15. The SMILES string of the molecule is Oc1cccc(C2Oc3ccccc3C3CC(c4cccs4)=NN32)c1. The molecule has 2 aliphatic heterocycles. The minimum atomic E-state index is -0.343. The van der Waals surface area contributed by atoms with Crippen molar-refractivity contribution in [3.8, 4) is 11.5 Å². The van der Waals surface area contributed by atoms with Crippen molar-refractivity contribution in [2.45, 2.75) is 18.7 Å². The first-order chi connectivity index (χ1) is 12.3. The van der Waals surface area contributed by atoms with Gasteiger partial charge in [0.05, 0.1) is 16.6 Å². The summed E-state index contributed by atoms with van der Waals surface area (Å²) >= 11 is 1.71. The summed E-state index contributed by atoms with van der Waals surface area (Å²) in [6.07, 6.45) is 0.514. The highest BCUT2D eigenvalue weighted by Gasteiger charge is 2.41. The Morgan fingerprint density at radius 3 is 2.84 bits per heavy atom. The average Bonchev–Trinajstić information content (AvgIpc) is 3.30. The molecule has 1 aromatic heterocycles. The Morgan fingerprint density at radius 2 is 2.00 bits per heavy atom. The van der Waals surface area contributed by atoms with Crippen LogP contribution in [0.4, 0.5) is 0 Å². The van der Waals surface area contributed by atoms with E-state index in [4.69, 9.17) is 9.84 Å². The summed E-state index contributed by atoms with van der Waals surface area (Å²) in [5, 5.41) is 18.9. The third-order valence-electron chi connectivity index (χ3n) is 4.66. The van der Waals surface area contributed by atoms with Crippen LogP contribution >= 0.6 is 11.3 Å². The Morgan fingerprint density at radius 1 is 1.08 bits per heavy atom. The minimum Gasteiger partial charge on any atom is -0.508 e. The summed E-state index contributed by atoms with van der Waals surface area (Å²) in [4.78, 5) is 1.20. The molecule has 25 heavy (non-hydrogen) atoms. The van der Waals surface area contributed by atoms with Gasteiger partial charge in [0.2, 0.25) is 6.23 Å². The molecule has 0 saturated heterocycles. The van der Waals surface area contributed by atoms with Crippen LogP contribution < -0.4 is 4.74 Å². The van der Waals surface area contributed by atoms with Gasteiger partial charge >= 0.3 is 0 Å². The molecule has 3 aromatic rings. The largest absolute Gasteiger partial charge is 0.508 e. The molecule has 4 nitrogen and oxygen atoms in total. The van der Waals surface area contributed by atoms with Gasteiger partial charge in [-0.3, -0.25) is 0 Å². The highest BCUT2D eigenvalue weighted by Crippen LogP contribution is 2.47. The lowest BCUT2D eigenvalue weighted by Crippen LogP contribution is -2.33. The lowest BCUT2D eigenvalue weighted by atomic mass is 9.98. The second kappa shape index (κ2) is 5.63. The van der Waals surface area contributed by atoms with Gasteiger partial charge < -0.3 is 9.84 Å². The number of para-hydroxylation sites is 1. The van der Waals surface area contributed by atoms with E-state index < -0.39 is 0 Å². The Balaban J connectivity index is 1.62. The zero-order valence-corrected chi connectivity index (χ0v) is 14.2. The van der Waals surface area contributed by atoms with Crippen LogP contribution in [0, 0.1) is 0 Å². The maximum absolute atomic E-state index is 9.87. The quantitative estimate of drug-likeness (QED) is 0.730. The molecule has 5 rings (SSSR count). The molecule has 0 radical (unpaired) electrons. The summed E-state index contributed by atoms with van der Waals surface area (Å²) in [6.45, 7) is 0. The molecule has 0 spiro atoms. The number of nitrogens with zero attached hydrogens (tertiary/aromatic N) is 2. The number of hydrazone groups is 1. The molecule has 0 bridgehead atoms. The van der Waals surface area contributed by atoms with Crippen LogP contribution in [0.1, 0.15) is 34.7 Å². The normalized spacial score (nSPS) is 21.3. The van der Waals surface area contributed by atoms with Crippen molar-refractivity contribution in [3.05, 3.63) is 82.0 Å². The van der Waals surface area contributed by atoms with Gasteiger partial charge in [-0.05, 0) is 29.6 Å². The number of thiophene rings is 1. The maximum Gasteiger partial charge on any atom is 0.214 e. The van der Waals surface area contributed by atoms with E-state index in [1.807, 2.05) is 35.3 Å². The van der Waals surface area contributed by atoms with Crippen LogP contribution in [0.3, 0.4) is 0 Å². The topological polar surface area (TPSA) is 45.1 Å². The Bertz CT molecular complexity index is 952. The molecule has 2 aliphatic rings. The van der Waals surface area contributed by atoms with E-state index >= 15 is 0 Å². The highest BCUT2D eigenvalue weighted by molar-refractivity contribution is 7.12. The Hall–Kier alpha value is -2.79. The first kappa shape index (κ1) is 14.5. The summed E-state index contributed by atoms with van der Waals surface area (Å²) in [6, 6.07) is 19.7. The van der Waals surface area contributed by atoms with Gasteiger partial charge in [0, 0.05) is 17.5 Å². The van der Waals surface area contributed by atoms with Crippen LogP contribution in [0.25, 0.3) is 0 Å². The smallest absolute Gasteiger partial charge is 0.214 e. The predicted molar refractivity (Wildman–Crippen MR) is 98.0 cm³/mol. The standard InChI is InChI=1S/C20H16N2O2S/c23-14-6-3-5-13(11-14)20-22-17(15-7-1-2-8-18(15)24-20)12-16(21-22)19-9-4-10-25-19/h1-11,17,20,23H,12H2. The first-order valence-corrected chi connectivity index (χ1v) is 9.12. The maximum atomic E-state index is 9.87. The molecular formula is C20H16N2O2S. The molecule has 0 fully saturated rings. The fourth-order valence-electron chi connectivity index (χ4n) is 3.52. The molecule has 3 heterocycles. The van der Waals surface area contributed by atoms with E-state index in [0.717, 1.165) is 29.0 Å². The van der Waals surface area contributed by atoms with Crippen molar-refractivity contribution < 1.29 is 9.84 Å². The molecule has 2 aromatic carbocycles. The predicted octanol–water partition coefficient (Wildman–Crippen LogP) is 4.70. The number of benzene rings is 2. The molecule has 2 unspecified atom stereocenters. The van der Waals surface area contributed by atoms with Crippen molar-refractivity contribution in [1.82, 2.24) is 5.01 Å². The van der Waals surface area contributed by atoms with Gasteiger partial charge in [0.25, 0.3) is 0 Å². The van der Waals surface area contributed by atoms with Gasteiger partial charge in [-0.1, -0.05) is 36.4 Å². The fourth-order valence-corrected chi connectivity index (χ4v) is 4.25. The second-order valence-corrected chi connectivity index (χ2v) is 7.17. The van der Waals surface area contributed by atoms with Crippen LogP contribution in [0.5, 0.6) is 11.5 Å². The van der Waals surface area contributed by atoms with E-state index in [2.05, 4.69) is 23.6 Å². The number of fused-ring (bicyclic) bond motifs is 3. The lowest BCUT2D eigenvalue weighted by molar-refractivity contribution is -0.0191. The first-order valence-electron chi connectivity index (χ1n) is 8.24. The van der Waals surface area contributed by atoms with Gasteiger partial charge in [-0.15, -0.1) is 11.3 Å². The molecule has 2 atom stereocenters. The zero-order chi connectivity index (χ0) is 16.8. The van der Waals surface area contributed by atoms with Crippen LogP contribution in [0.15, 0.2) is 71.1 Å². The molecular weight excluding hydrogens is 332 g/mol. The van der Waals surface area contributed by atoms with E-state index in [-0.39, 0.29) is 18.0 Å².